The highest BCUT2D eigenvalue weighted by atomic mass is 16.2. The monoisotopic (exact) mass is 291 g/mol. The maximum atomic E-state index is 12.2. The van der Waals surface area contributed by atoms with E-state index in [4.69, 9.17) is 0 Å². The number of amides is 2. The first-order chi connectivity index (χ1) is 10.0. The largest absolute Gasteiger partial charge is 0.350 e. The van der Waals surface area contributed by atoms with Crippen molar-refractivity contribution in [1.29, 1.82) is 0 Å². The summed E-state index contributed by atoms with van der Waals surface area (Å²) in [5, 5.41) is 5.68. The summed E-state index contributed by atoms with van der Waals surface area (Å²) in [5.74, 6) is 0.123. The summed E-state index contributed by atoms with van der Waals surface area (Å²) in [6.45, 7) is 6.44. The molecule has 0 aliphatic heterocycles. The molecule has 5 nitrogen and oxygen atoms in total. The SMILES string of the molecule is CCCC(=O)N[C@@H](CC(C)C)C(=O)NCc1cccnc1. The maximum Gasteiger partial charge on any atom is 0.242 e. The lowest BCUT2D eigenvalue weighted by Gasteiger charge is -2.20. The van der Waals surface area contributed by atoms with Gasteiger partial charge in [-0.2, -0.15) is 0 Å². The van der Waals surface area contributed by atoms with Crippen molar-refractivity contribution >= 4 is 11.8 Å². The summed E-state index contributed by atoms with van der Waals surface area (Å²) in [4.78, 5) is 28.0. The summed E-state index contributed by atoms with van der Waals surface area (Å²) in [6, 6.07) is 3.26. The second-order valence-corrected chi connectivity index (χ2v) is 5.58. The fourth-order valence-electron chi connectivity index (χ4n) is 2.01. The molecule has 21 heavy (non-hydrogen) atoms. The fraction of sp³-hybridized carbons (Fsp3) is 0.562. The third-order valence-electron chi connectivity index (χ3n) is 3.03. The van der Waals surface area contributed by atoms with Crippen LogP contribution >= 0.6 is 0 Å². The number of rotatable bonds is 8. The third-order valence-corrected chi connectivity index (χ3v) is 3.03. The molecule has 0 unspecified atom stereocenters. The minimum Gasteiger partial charge on any atom is -0.350 e. The fourth-order valence-corrected chi connectivity index (χ4v) is 2.01. The van der Waals surface area contributed by atoms with Gasteiger partial charge in [0.25, 0.3) is 0 Å². The van der Waals surface area contributed by atoms with Crippen molar-refractivity contribution in [2.75, 3.05) is 0 Å². The zero-order chi connectivity index (χ0) is 15.7. The first-order valence-electron chi connectivity index (χ1n) is 7.48. The summed E-state index contributed by atoms with van der Waals surface area (Å²) in [5.41, 5.74) is 0.939. The van der Waals surface area contributed by atoms with Gasteiger partial charge in [-0.1, -0.05) is 26.8 Å². The van der Waals surface area contributed by atoms with E-state index < -0.39 is 6.04 Å². The number of carbonyl (C=O) groups excluding carboxylic acids is 2. The highest BCUT2D eigenvalue weighted by molar-refractivity contribution is 5.87. The molecule has 1 atom stereocenters. The highest BCUT2D eigenvalue weighted by Gasteiger charge is 2.21. The van der Waals surface area contributed by atoms with Crippen molar-refractivity contribution in [3.8, 4) is 0 Å². The number of nitrogens with zero attached hydrogens (tertiary/aromatic N) is 1. The Hall–Kier alpha value is -1.91. The Balaban J connectivity index is 2.56. The molecule has 116 valence electrons. The van der Waals surface area contributed by atoms with Gasteiger partial charge in [0.2, 0.25) is 11.8 Å². The van der Waals surface area contributed by atoms with Crippen LogP contribution in [0, 0.1) is 5.92 Å². The van der Waals surface area contributed by atoms with Crippen LogP contribution in [0.2, 0.25) is 0 Å². The van der Waals surface area contributed by atoms with Gasteiger partial charge in [-0.25, -0.2) is 0 Å². The lowest BCUT2D eigenvalue weighted by molar-refractivity contribution is -0.129. The molecule has 1 rings (SSSR count). The van der Waals surface area contributed by atoms with Gasteiger partial charge in [-0.3, -0.25) is 14.6 Å². The van der Waals surface area contributed by atoms with Crippen molar-refractivity contribution in [1.82, 2.24) is 15.6 Å². The molecule has 0 saturated heterocycles. The standard InChI is InChI=1S/C16H25N3O2/c1-4-6-15(20)19-14(9-12(2)3)16(21)18-11-13-7-5-8-17-10-13/h5,7-8,10,12,14H,4,6,9,11H2,1-3H3,(H,18,21)(H,19,20)/t14-/m0/s1. The van der Waals surface area contributed by atoms with Crippen LogP contribution in [0.15, 0.2) is 24.5 Å². The minimum absolute atomic E-state index is 0.0697. The normalized spacial score (nSPS) is 12.0. The van der Waals surface area contributed by atoms with Gasteiger partial charge in [-0.05, 0) is 30.4 Å². The molecule has 0 spiro atoms. The second kappa shape index (κ2) is 9.10. The Morgan fingerprint density at radius 2 is 2.10 bits per heavy atom. The second-order valence-electron chi connectivity index (χ2n) is 5.58. The molecular weight excluding hydrogens is 266 g/mol. The molecule has 0 fully saturated rings. The van der Waals surface area contributed by atoms with Gasteiger partial charge < -0.3 is 10.6 Å². The predicted molar refractivity (Wildman–Crippen MR) is 82.4 cm³/mol. The van der Waals surface area contributed by atoms with Gasteiger partial charge in [0.15, 0.2) is 0 Å². The molecule has 0 aliphatic carbocycles. The molecule has 5 heteroatoms. The van der Waals surface area contributed by atoms with Crippen molar-refractivity contribution in [2.24, 2.45) is 5.92 Å². The van der Waals surface area contributed by atoms with E-state index in [0.29, 0.717) is 25.3 Å². The van der Waals surface area contributed by atoms with Gasteiger partial charge in [0.1, 0.15) is 6.04 Å². The van der Waals surface area contributed by atoms with Crippen LogP contribution in [0.5, 0.6) is 0 Å². The number of hydrogen-bond donors (Lipinski definition) is 2. The Morgan fingerprint density at radius 1 is 1.33 bits per heavy atom. The number of nitrogens with one attached hydrogen (secondary N) is 2. The quantitative estimate of drug-likeness (QED) is 0.770. The van der Waals surface area contributed by atoms with E-state index in [9.17, 15) is 9.59 Å². The van der Waals surface area contributed by atoms with Crippen LogP contribution < -0.4 is 10.6 Å². The van der Waals surface area contributed by atoms with Crippen LogP contribution in [0.25, 0.3) is 0 Å². The van der Waals surface area contributed by atoms with Gasteiger partial charge in [-0.15, -0.1) is 0 Å². The molecule has 0 bridgehead atoms. The van der Waals surface area contributed by atoms with Crippen LogP contribution in [0.1, 0.15) is 45.6 Å². The van der Waals surface area contributed by atoms with Gasteiger partial charge in [0, 0.05) is 25.4 Å². The summed E-state index contributed by atoms with van der Waals surface area (Å²) < 4.78 is 0. The van der Waals surface area contributed by atoms with E-state index in [0.717, 1.165) is 12.0 Å². The topological polar surface area (TPSA) is 71.1 Å². The van der Waals surface area contributed by atoms with E-state index in [2.05, 4.69) is 15.6 Å². The van der Waals surface area contributed by atoms with E-state index in [1.165, 1.54) is 0 Å². The first-order valence-corrected chi connectivity index (χ1v) is 7.48. The molecule has 0 aliphatic rings. The lowest BCUT2D eigenvalue weighted by atomic mass is 10.0. The van der Waals surface area contributed by atoms with Crippen molar-refractivity contribution < 1.29 is 9.59 Å². The van der Waals surface area contributed by atoms with Crippen molar-refractivity contribution in [2.45, 2.75) is 52.6 Å². The highest BCUT2D eigenvalue weighted by Crippen LogP contribution is 2.06. The molecule has 2 N–H and O–H groups in total. The maximum absolute atomic E-state index is 12.2. The van der Waals surface area contributed by atoms with E-state index >= 15 is 0 Å². The van der Waals surface area contributed by atoms with Crippen LogP contribution in [0.3, 0.4) is 0 Å². The summed E-state index contributed by atoms with van der Waals surface area (Å²) in [7, 11) is 0. The third kappa shape index (κ3) is 6.88. The zero-order valence-electron chi connectivity index (χ0n) is 13.1. The summed E-state index contributed by atoms with van der Waals surface area (Å²) >= 11 is 0. The Bertz CT molecular complexity index is 446. The predicted octanol–water partition coefficient (Wildman–Crippen LogP) is 2.03. The molecule has 0 saturated carbocycles. The minimum atomic E-state index is -0.472. The lowest BCUT2D eigenvalue weighted by Crippen LogP contribution is -2.47. The molecule has 1 aromatic rings. The number of hydrogen-bond acceptors (Lipinski definition) is 3. The average molecular weight is 291 g/mol. The Labute approximate surface area is 126 Å². The summed E-state index contributed by atoms with van der Waals surface area (Å²) in [6.07, 6.45) is 5.27. The number of aromatic nitrogens is 1. The molecule has 0 aromatic carbocycles. The molecule has 1 aromatic heterocycles. The molecular formula is C16H25N3O2. The van der Waals surface area contributed by atoms with E-state index in [1.54, 1.807) is 12.4 Å². The molecule has 0 radical (unpaired) electrons. The van der Waals surface area contributed by atoms with Gasteiger partial charge >= 0.3 is 0 Å². The van der Waals surface area contributed by atoms with Crippen LogP contribution in [-0.2, 0) is 16.1 Å². The zero-order valence-corrected chi connectivity index (χ0v) is 13.1. The van der Waals surface area contributed by atoms with E-state index in [-0.39, 0.29) is 11.8 Å². The Kier molecular flexibility index (Phi) is 7.43. The van der Waals surface area contributed by atoms with Crippen molar-refractivity contribution in [3.05, 3.63) is 30.1 Å². The Morgan fingerprint density at radius 3 is 2.67 bits per heavy atom. The van der Waals surface area contributed by atoms with E-state index in [1.807, 2.05) is 32.9 Å². The van der Waals surface area contributed by atoms with Gasteiger partial charge in [0.05, 0.1) is 0 Å². The molecule has 1 heterocycles. The molecule has 2 amide bonds. The van der Waals surface area contributed by atoms with Crippen LogP contribution in [0.4, 0.5) is 0 Å². The van der Waals surface area contributed by atoms with Crippen molar-refractivity contribution in [3.63, 3.8) is 0 Å². The first kappa shape index (κ1) is 17.1. The smallest absolute Gasteiger partial charge is 0.242 e. The number of carbonyl (C=O) groups is 2. The average Bonchev–Trinajstić information content (AvgIpc) is 2.45. The number of pyridine rings is 1. The van der Waals surface area contributed by atoms with Crippen LogP contribution in [-0.4, -0.2) is 22.8 Å².